The molecule has 0 amide bonds. The van der Waals surface area contributed by atoms with Crippen LogP contribution in [0.15, 0.2) is 6.33 Å². The Kier molecular flexibility index (Phi) is 3.61. The second-order valence-electron chi connectivity index (χ2n) is 3.35. The van der Waals surface area contributed by atoms with E-state index >= 15 is 0 Å². The molecule has 0 spiro atoms. The summed E-state index contributed by atoms with van der Waals surface area (Å²) >= 11 is 5.72. The topological polar surface area (TPSA) is 79.1 Å². The van der Waals surface area contributed by atoms with Crippen LogP contribution in [0.2, 0.25) is 5.28 Å². The molecule has 2 heterocycles. The van der Waals surface area contributed by atoms with Crippen molar-refractivity contribution in [3.63, 3.8) is 0 Å². The maximum Gasteiger partial charge on any atom is 0.326 e. The third kappa shape index (κ3) is 2.35. The van der Waals surface area contributed by atoms with Crippen molar-refractivity contribution in [2.75, 3.05) is 13.7 Å². The lowest BCUT2D eigenvalue weighted by molar-refractivity contribution is -0.143. The molecule has 96 valence electrons. The maximum atomic E-state index is 11.4. The molecule has 7 nitrogen and oxygen atoms in total. The van der Waals surface area contributed by atoms with Gasteiger partial charge in [-0.2, -0.15) is 9.97 Å². The summed E-state index contributed by atoms with van der Waals surface area (Å²) in [5.74, 6) is -0.0967. The van der Waals surface area contributed by atoms with Crippen molar-refractivity contribution in [1.29, 1.82) is 0 Å². The molecule has 8 heteroatoms. The number of rotatable bonds is 4. The van der Waals surface area contributed by atoms with Crippen LogP contribution < -0.4 is 4.74 Å². The third-order valence-corrected chi connectivity index (χ3v) is 2.38. The van der Waals surface area contributed by atoms with E-state index in [0.29, 0.717) is 17.8 Å². The van der Waals surface area contributed by atoms with E-state index < -0.39 is 0 Å². The number of hydrogen-bond donors (Lipinski definition) is 0. The van der Waals surface area contributed by atoms with Gasteiger partial charge in [-0.3, -0.25) is 4.79 Å². The fourth-order valence-electron chi connectivity index (χ4n) is 1.53. The number of esters is 1. The number of carbonyl (C=O) groups is 1. The van der Waals surface area contributed by atoms with E-state index in [1.807, 2.05) is 0 Å². The van der Waals surface area contributed by atoms with Crippen molar-refractivity contribution in [2.24, 2.45) is 0 Å². The Morgan fingerprint density at radius 2 is 2.28 bits per heavy atom. The van der Waals surface area contributed by atoms with E-state index in [2.05, 4.69) is 15.0 Å². The molecule has 0 saturated heterocycles. The predicted molar refractivity (Wildman–Crippen MR) is 63.5 cm³/mol. The Hall–Kier alpha value is -1.89. The summed E-state index contributed by atoms with van der Waals surface area (Å²) in [6.45, 7) is 2.09. The summed E-state index contributed by atoms with van der Waals surface area (Å²) in [5.41, 5.74) is 0.881. The monoisotopic (exact) mass is 270 g/mol. The van der Waals surface area contributed by atoms with Crippen LogP contribution in [0.25, 0.3) is 11.2 Å². The van der Waals surface area contributed by atoms with Crippen molar-refractivity contribution >= 4 is 28.7 Å². The van der Waals surface area contributed by atoms with Gasteiger partial charge in [0.15, 0.2) is 11.2 Å². The van der Waals surface area contributed by atoms with Gasteiger partial charge < -0.3 is 14.0 Å². The first-order chi connectivity index (χ1) is 8.65. The van der Waals surface area contributed by atoms with Crippen LogP contribution in [0.5, 0.6) is 5.88 Å². The standard InChI is InChI=1S/C10H11ClN4O3/c1-3-18-6(16)4-15-5-12-8-7(15)9(17-2)14-10(11)13-8/h5H,3-4H2,1-2H3. The van der Waals surface area contributed by atoms with Crippen molar-refractivity contribution in [1.82, 2.24) is 19.5 Å². The van der Waals surface area contributed by atoms with Gasteiger partial charge in [0, 0.05) is 0 Å². The SMILES string of the molecule is CCOC(=O)Cn1cnc2nc(Cl)nc(OC)c21. The molecule has 0 aliphatic heterocycles. The molecule has 0 N–H and O–H groups in total. The van der Waals surface area contributed by atoms with Crippen molar-refractivity contribution in [2.45, 2.75) is 13.5 Å². The molecule has 0 fully saturated rings. The molecule has 2 rings (SSSR count). The highest BCUT2D eigenvalue weighted by molar-refractivity contribution is 6.28. The number of halogens is 1. The molecule has 0 aliphatic rings. The summed E-state index contributed by atoms with van der Waals surface area (Å²) in [6.07, 6.45) is 1.47. The van der Waals surface area contributed by atoms with Gasteiger partial charge in [-0.05, 0) is 18.5 Å². The van der Waals surface area contributed by atoms with Crippen LogP contribution in [-0.2, 0) is 16.1 Å². The largest absolute Gasteiger partial charge is 0.479 e. The quantitative estimate of drug-likeness (QED) is 0.610. The van der Waals surface area contributed by atoms with Crippen molar-refractivity contribution in [3.05, 3.63) is 11.6 Å². The average Bonchev–Trinajstić information content (AvgIpc) is 2.71. The lowest BCUT2D eigenvalue weighted by atomic mass is 10.5. The van der Waals surface area contributed by atoms with Gasteiger partial charge in [-0.15, -0.1) is 0 Å². The van der Waals surface area contributed by atoms with Gasteiger partial charge in [0.2, 0.25) is 11.2 Å². The summed E-state index contributed by atoms with van der Waals surface area (Å²) in [6, 6.07) is 0. The Bertz CT molecular complexity index is 584. The number of ether oxygens (including phenoxy) is 2. The van der Waals surface area contributed by atoms with E-state index in [0.717, 1.165) is 0 Å². The highest BCUT2D eigenvalue weighted by Gasteiger charge is 2.15. The molecular formula is C10H11ClN4O3. The number of aromatic nitrogens is 4. The second kappa shape index (κ2) is 5.18. The van der Waals surface area contributed by atoms with E-state index in [1.54, 1.807) is 11.5 Å². The van der Waals surface area contributed by atoms with Crippen LogP contribution in [0.4, 0.5) is 0 Å². The van der Waals surface area contributed by atoms with Gasteiger partial charge in [-0.25, -0.2) is 4.98 Å². The van der Waals surface area contributed by atoms with E-state index in [4.69, 9.17) is 21.1 Å². The maximum absolute atomic E-state index is 11.4. The van der Waals surface area contributed by atoms with Crippen LogP contribution in [-0.4, -0.2) is 39.2 Å². The number of fused-ring (bicyclic) bond motifs is 1. The molecular weight excluding hydrogens is 260 g/mol. The van der Waals surface area contributed by atoms with E-state index in [9.17, 15) is 4.79 Å². The predicted octanol–water partition coefficient (Wildman–Crippen LogP) is 1.05. The molecule has 18 heavy (non-hydrogen) atoms. The van der Waals surface area contributed by atoms with Gasteiger partial charge >= 0.3 is 5.97 Å². The molecule has 2 aromatic heterocycles. The van der Waals surface area contributed by atoms with Crippen molar-refractivity contribution < 1.29 is 14.3 Å². The Labute approximate surface area is 108 Å². The van der Waals surface area contributed by atoms with Crippen LogP contribution in [0, 0.1) is 0 Å². The Balaban J connectivity index is 2.43. The normalized spacial score (nSPS) is 10.6. The molecule has 0 radical (unpaired) electrons. The van der Waals surface area contributed by atoms with Crippen LogP contribution in [0.3, 0.4) is 0 Å². The minimum Gasteiger partial charge on any atom is -0.479 e. The fourth-order valence-corrected chi connectivity index (χ4v) is 1.69. The van der Waals surface area contributed by atoms with E-state index in [-0.39, 0.29) is 23.7 Å². The zero-order valence-electron chi connectivity index (χ0n) is 9.88. The summed E-state index contributed by atoms with van der Waals surface area (Å²) in [5, 5.41) is 0.0423. The summed E-state index contributed by atoms with van der Waals surface area (Å²) < 4.78 is 11.5. The second-order valence-corrected chi connectivity index (χ2v) is 3.69. The number of nitrogens with zero attached hydrogens (tertiary/aromatic N) is 4. The highest BCUT2D eigenvalue weighted by atomic mass is 35.5. The average molecular weight is 271 g/mol. The molecule has 0 unspecified atom stereocenters. The molecule has 0 aliphatic carbocycles. The lowest BCUT2D eigenvalue weighted by Gasteiger charge is -2.06. The summed E-state index contributed by atoms with van der Waals surface area (Å²) in [4.78, 5) is 23.4. The number of hydrogen-bond acceptors (Lipinski definition) is 6. The van der Waals surface area contributed by atoms with Gasteiger partial charge in [-0.1, -0.05) is 0 Å². The third-order valence-electron chi connectivity index (χ3n) is 2.21. The number of imidazole rings is 1. The minimum atomic E-state index is -0.367. The van der Waals surface area contributed by atoms with E-state index in [1.165, 1.54) is 13.4 Å². The number of carbonyl (C=O) groups excluding carboxylic acids is 1. The van der Waals surface area contributed by atoms with Gasteiger partial charge in [0.1, 0.15) is 6.54 Å². The lowest BCUT2D eigenvalue weighted by Crippen LogP contribution is -2.13. The smallest absolute Gasteiger partial charge is 0.326 e. The fraction of sp³-hybridized carbons (Fsp3) is 0.400. The van der Waals surface area contributed by atoms with Crippen molar-refractivity contribution in [3.8, 4) is 5.88 Å². The molecule has 0 aromatic carbocycles. The molecule has 2 aromatic rings. The number of methoxy groups -OCH3 is 1. The first-order valence-corrected chi connectivity index (χ1v) is 5.61. The molecule has 0 saturated carbocycles. The Morgan fingerprint density at radius 3 is 2.94 bits per heavy atom. The minimum absolute atomic E-state index is 0.0195. The van der Waals surface area contributed by atoms with Gasteiger partial charge in [0.05, 0.1) is 20.0 Å². The Morgan fingerprint density at radius 1 is 1.50 bits per heavy atom. The molecule has 0 bridgehead atoms. The first kappa shape index (κ1) is 12.6. The zero-order valence-corrected chi connectivity index (χ0v) is 10.6. The zero-order chi connectivity index (χ0) is 13.1. The highest BCUT2D eigenvalue weighted by Crippen LogP contribution is 2.23. The van der Waals surface area contributed by atoms with Gasteiger partial charge in [0.25, 0.3) is 0 Å². The first-order valence-electron chi connectivity index (χ1n) is 5.23. The van der Waals surface area contributed by atoms with Crippen LogP contribution >= 0.6 is 11.6 Å². The van der Waals surface area contributed by atoms with Crippen LogP contribution in [0.1, 0.15) is 6.92 Å². The summed E-state index contributed by atoms with van der Waals surface area (Å²) in [7, 11) is 1.46. The molecule has 0 atom stereocenters.